The Morgan fingerprint density at radius 1 is 1.46 bits per heavy atom. The minimum absolute atomic E-state index is 0.411. The van der Waals surface area contributed by atoms with E-state index in [1.54, 1.807) is 0 Å². The van der Waals surface area contributed by atoms with Crippen molar-refractivity contribution in [3.05, 3.63) is 0 Å². The maximum Gasteiger partial charge on any atom is 0.242 e. The van der Waals surface area contributed by atoms with Crippen LogP contribution in [0.4, 0.5) is 8.78 Å². The molecule has 1 rings (SSSR count). The Hall–Kier alpha value is -0.220. The summed E-state index contributed by atoms with van der Waals surface area (Å²) in [5.74, 6) is -0.411. The highest BCUT2D eigenvalue weighted by atomic mass is 19.3. The molecule has 0 bridgehead atoms. The van der Waals surface area contributed by atoms with Gasteiger partial charge in [-0.1, -0.05) is 0 Å². The molecule has 1 atom stereocenters. The maximum atomic E-state index is 12.4. The minimum atomic E-state index is -2.15. The molecule has 0 radical (unpaired) electrons. The van der Waals surface area contributed by atoms with Gasteiger partial charge in [-0.2, -0.15) is 0 Å². The van der Waals surface area contributed by atoms with E-state index < -0.39 is 12.3 Å². The molecule has 0 spiro atoms. The zero-order valence-electron chi connectivity index (χ0n) is 7.88. The topological polar surface area (TPSA) is 29.3 Å². The summed E-state index contributed by atoms with van der Waals surface area (Å²) in [5.41, 5.74) is 5.37. The summed E-state index contributed by atoms with van der Waals surface area (Å²) in [6, 6.07) is 0. The summed E-state index contributed by atoms with van der Waals surface area (Å²) < 4.78 is 24.7. The van der Waals surface area contributed by atoms with Crippen LogP contribution in [0.25, 0.3) is 0 Å². The summed E-state index contributed by atoms with van der Waals surface area (Å²) in [6.45, 7) is 3.04. The second-order valence-corrected chi connectivity index (χ2v) is 3.68. The number of likely N-dealkylation sites (tertiary alicyclic amines) is 1. The molecular weight excluding hydrogens is 174 g/mol. The molecule has 4 heteroatoms. The lowest BCUT2D eigenvalue weighted by Gasteiger charge is -2.32. The fourth-order valence-corrected chi connectivity index (χ4v) is 1.81. The first-order chi connectivity index (χ1) is 6.24. The van der Waals surface area contributed by atoms with Crippen LogP contribution < -0.4 is 5.73 Å². The Morgan fingerprint density at radius 2 is 2.23 bits per heavy atom. The number of rotatable bonds is 4. The van der Waals surface area contributed by atoms with Crippen molar-refractivity contribution in [2.24, 2.45) is 11.7 Å². The molecule has 0 amide bonds. The lowest BCUT2D eigenvalue weighted by atomic mass is 9.98. The number of halogens is 2. The number of nitrogens with two attached hydrogens (primary N) is 1. The Balaban J connectivity index is 2.25. The van der Waals surface area contributed by atoms with Gasteiger partial charge >= 0.3 is 0 Å². The molecule has 0 unspecified atom stereocenters. The van der Waals surface area contributed by atoms with Crippen molar-refractivity contribution in [1.29, 1.82) is 0 Å². The molecule has 0 aromatic carbocycles. The van der Waals surface area contributed by atoms with E-state index in [4.69, 9.17) is 5.73 Å². The quantitative estimate of drug-likeness (QED) is 0.727. The number of hydrogen-bond acceptors (Lipinski definition) is 2. The smallest absolute Gasteiger partial charge is 0.242 e. The van der Waals surface area contributed by atoms with Gasteiger partial charge < -0.3 is 10.6 Å². The lowest BCUT2D eigenvalue weighted by Crippen LogP contribution is -2.39. The molecular formula is C9H18F2N2. The van der Waals surface area contributed by atoms with Crippen LogP contribution in [-0.4, -0.2) is 37.5 Å². The summed E-state index contributed by atoms with van der Waals surface area (Å²) in [5, 5.41) is 0. The van der Waals surface area contributed by atoms with E-state index in [1.165, 1.54) is 0 Å². The van der Waals surface area contributed by atoms with Crippen molar-refractivity contribution >= 4 is 0 Å². The largest absolute Gasteiger partial charge is 0.330 e. The van der Waals surface area contributed by atoms with Crippen LogP contribution in [0, 0.1) is 5.92 Å². The fraction of sp³-hybridized carbons (Fsp3) is 1.00. The van der Waals surface area contributed by atoms with Crippen molar-refractivity contribution in [2.45, 2.75) is 25.7 Å². The molecule has 1 aliphatic rings. The highest BCUT2D eigenvalue weighted by molar-refractivity contribution is 4.74. The number of hydrogen-bond donors (Lipinski definition) is 1. The van der Waals surface area contributed by atoms with Gasteiger partial charge in [0.1, 0.15) is 0 Å². The molecule has 1 heterocycles. The van der Waals surface area contributed by atoms with Gasteiger partial charge in [0, 0.05) is 12.5 Å². The predicted molar refractivity (Wildman–Crippen MR) is 48.8 cm³/mol. The first kappa shape index (κ1) is 10.9. The van der Waals surface area contributed by atoms with E-state index in [0.717, 1.165) is 25.9 Å². The second kappa shape index (κ2) is 5.50. The average Bonchev–Trinajstić information content (AvgIpc) is 2.15. The molecule has 0 aromatic rings. The second-order valence-electron chi connectivity index (χ2n) is 3.68. The van der Waals surface area contributed by atoms with Crippen molar-refractivity contribution in [3.8, 4) is 0 Å². The Bertz CT molecular complexity index is 142. The van der Waals surface area contributed by atoms with Crippen molar-refractivity contribution < 1.29 is 8.78 Å². The standard InChI is InChI=1S/C9H18F2N2/c10-9(11)8-3-1-5-13(7-8)6-2-4-12/h8-9H,1-7,12H2/t8-/m0/s1. The minimum Gasteiger partial charge on any atom is -0.330 e. The number of piperidine rings is 1. The van der Waals surface area contributed by atoms with Crippen LogP contribution in [-0.2, 0) is 0 Å². The van der Waals surface area contributed by atoms with Gasteiger partial charge in [0.25, 0.3) is 0 Å². The molecule has 0 aromatic heterocycles. The number of alkyl halides is 2. The van der Waals surface area contributed by atoms with E-state index >= 15 is 0 Å². The summed E-state index contributed by atoms with van der Waals surface area (Å²) in [6.07, 6.45) is 0.340. The Kier molecular flexibility index (Phi) is 4.59. The maximum absolute atomic E-state index is 12.4. The van der Waals surface area contributed by atoms with Crippen LogP contribution in [0.15, 0.2) is 0 Å². The van der Waals surface area contributed by atoms with Crippen molar-refractivity contribution in [2.75, 3.05) is 26.2 Å². The summed E-state index contributed by atoms with van der Waals surface area (Å²) >= 11 is 0. The van der Waals surface area contributed by atoms with Crippen LogP contribution in [0.1, 0.15) is 19.3 Å². The monoisotopic (exact) mass is 192 g/mol. The van der Waals surface area contributed by atoms with Gasteiger partial charge in [-0.15, -0.1) is 0 Å². The van der Waals surface area contributed by atoms with Crippen LogP contribution in [0.3, 0.4) is 0 Å². The Morgan fingerprint density at radius 3 is 2.85 bits per heavy atom. The van der Waals surface area contributed by atoms with Gasteiger partial charge in [-0.05, 0) is 38.9 Å². The molecule has 13 heavy (non-hydrogen) atoms. The first-order valence-corrected chi connectivity index (χ1v) is 4.94. The normalized spacial score (nSPS) is 25.4. The molecule has 2 nitrogen and oxygen atoms in total. The number of nitrogens with zero attached hydrogens (tertiary/aromatic N) is 1. The average molecular weight is 192 g/mol. The van der Waals surface area contributed by atoms with E-state index in [-0.39, 0.29) is 0 Å². The zero-order chi connectivity index (χ0) is 9.68. The molecule has 0 aliphatic carbocycles. The van der Waals surface area contributed by atoms with E-state index in [0.29, 0.717) is 19.5 Å². The molecule has 1 aliphatic heterocycles. The van der Waals surface area contributed by atoms with Gasteiger partial charge in [-0.3, -0.25) is 0 Å². The highest BCUT2D eigenvalue weighted by Crippen LogP contribution is 2.22. The molecule has 0 saturated carbocycles. The predicted octanol–water partition coefficient (Wildman–Crippen LogP) is 1.31. The van der Waals surface area contributed by atoms with Crippen LogP contribution >= 0.6 is 0 Å². The molecule has 1 fully saturated rings. The van der Waals surface area contributed by atoms with Gasteiger partial charge in [0.05, 0.1) is 0 Å². The van der Waals surface area contributed by atoms with Crippen LogP contribution in [0.2, 0.25) is 0 Å². The van der Waals surface area contributed by atoms with Crippen molar-refractivity contribution in [3.63, 3.8) is 0 Å². The van der Waals surface area contributed by atoms with Gasteiger partial charge in [-0.25, -0.2) is 8.78 Å². The third-order valence-corrected chi connectivity index (χ3v) is 2.58. The Labute approximate surface area is 78.1 Å². The third-order valence-electron chi connectivity index (χ3n) is 2.58. The highest BCUT2D eigenvalue weighted by Gasteiger charge is 2.26. The summed E-state index contributed by atoms with van der Waals surface area (Å²) in [7, 11) is 0. The van der Waals surface area contributed by atoms with Crippen LogP contribution in [0.5, 0.6) is 0 Å². The fourth-order valence-electron chi connectivity index (χ4n) is 1.81. The molecule has 78 valence electrons. The first-order valence-electron chi connectivity index (χ1n) is 4.94. The third kappa shape index (κ3) is 3.56. The van der Waals surface area contributed by atoms with Gasteiger partial charge in [0.2, 0.25) is 6.43 Å². The van der Waals surface area contributed by atoms with E-state index in [2.05, 4.69) is 4.90 Å². The van der Waals surface area contributed by atoms with Crippen molar-refractivity contribution in [1.82, 2.24) is 4.90 Å². The lowest BCUT2D eigenvalue weighted by molar-refractivity contribution is 0.0276. The van der Waals surface area contributed by atoms with E-state index in [9.17, 15) is 8.78 Å². The van der Waals surface area contributed by atoms with Gasteiger partial charge in [0.15, 0.2) is 0 Å². The SMILES string of the molecule is NCCCN1CCC[C@H](C(F)F)C1. The van der Waals surface area contributed by atoms with E-state index in [1.807, 2.05) is 0 Å². The molecule has 2 N–H and O–H groups in total. The summed E-state index contributed by atoms with van der Waals surface area (Å²) in [4.78, 5) is 2.10. The molecule has 1 saturated heterocycles. The zero-order valence-corrected chi connectivity index (χ0v) is 7.88.